The molecule has 1 amide bonds. The molecule has 2 heterocycles. The number of benzene rings is 1. The Morgan fingerprint density at radius 1 is 1.50 bits per heavy atom. The average molecular weight is 273 g/mol. The summed E-state index contributed by atoms with van der Waals surface area (Å²) in [5.74, 6) is 1.34. The van der Waals surface area contributed by atoms with E-state index in [4.69, 9.17) is 4.74 Å². The third-order valence-corrected chi connectivity index (χ3v) is 3.84. The SMILES string of the molecule is COCC(=O)N1CCCC(c2nc3ccccc3[nH]2)C1. The zero-order valence-corrected chi connectivity index (χ0v) is 11.6. The molecular formula is C15H19N3O2. The summed E-state index contributed by atoms with van der Waals surface area (Å²) in [4.78, 5) is 21.8. The van der Waals surface area contributed by atoms with E-state index in [0.29, 0.717) is 0 Å². The van der Waals surface area contributed by atoms with Gasteiger partial charge in [-0.25, -0.2) is 4.98 Å². The minimum absolute atomic E-state index is 0.0633. The molecule has 1 aliphatic rings. The number of fused-ring (bicyclic) bond motifs is 1. The molecule has 1 N–H and O–H groups in total. The fraction of sp³-hybridized carbons (Fsp3) is 0.467. The molecule has 20 heavy (non-hydrogen) atoms. The van der Waals surface area contributed by atoms with E-state index in [9.17, 15) is 4.79 Å². The minimum atomic E-state index is 0.0633. The van der Waals surface area contributed by atoms with E-state index >= 15 is 0 Å². The van der Waals surface area contributed by atoms with Gasteiger partial charge in [-0.05, 0) is 25.0 Å². The smallest absolute Gasteiger partial charge is 0.248 e. The fourth-order valence-electron chi connectivity index (χ4n) is 2.81. The highest BCUT2D eigenvalue weighted by atomic mass is 16.5. The van der Waals surface area contributed by atoms with Crippen LogP contribution in [0.1, 0.15) is 24.6 Å². The molecular weight excluding hydrogens is 254 g/mol. The van der Waals surface area contributed by atoms with Crippen LogP contribution in [0.25, 0.3) is 11.0 Å². The van der Waals surface area contributed by atoms with Crippen molar-refractivity contribution in [2.75, 3.05) is 26.8 Å². The summed E-state index contributed by atoms with van der Waals surface area (Å²) in [7, 11) is 1.55. The molecule has 0 saturated carbocycles. The average Bonchev–Trinajstić information content (AvgIpc) is 2.91. The lowest BCUT2D eigenvalue weighted by atomic mass is 9.97. The van der Waals surface area contributed by atoms with Crippen molar-refractivity contribution in [3.63, 3.8) is 0 Å². The molecule has 5 nitrogen and oxygen atoms in total. The number of aromatic amines is 1. The molecule has 1 aromatic heterocycles. The van der Waals surface area contributed by atoms with Crippen LogP contribution in [0.15, 0.2) is 24.3 Å². The second kappa shape index (κ2) is 5.63. The van der Waals surface area contributed by atoms with Crippen LogP contribution < -0.4 is 0 Å². The molecule has 1 fully saturated rings. The van der Waals surface area contributed by atoms with Gasteiger partial charge in [0.25, 0.3) is 0 Å². The largest absolute Gasteiger partial charge is 0.375 e. The summed E-state index contributed by atoms with van der Waals surface area (Å²) in [6.45, 7) is 1.70. The second-order valence-electron chi connectivity index (χ2n) is 5.25. The quantitative estimate of drug-likeness (QED) is 0.929. The van der Waals surface area contributed by atoms with E-state index in [1.54, 1.807) is 7.11 Å². The lowest BCUT2D eigenvalue weighted by molar-refractivity contribution is -0.136. The van der Waals surface area contributed by atoms with Crippen LogP contribution in [0.3, 0.4) is 0 Å². The van der Waals surface area contributed by atoms with E-state index in [1.165, 1.54) is 0 Å². The van der Waals surface area contributed by atoms with Gasteiger partial charge in [0.2, 0.25) is 5.91 Å². The van der Waals surface area contributed by atoms with Crippen molar-refractivity contribution in [3.8, 4) is 0 Å². The van der Waals surface area contributed by atoms with Crippen molar-refractivity contribution in [1.29, 1.82) is 0 Å². The highest BCUT2D eigenvalue weighted by Crippen LogP contribution is 2.26. The summed E-state index contributed by atoms with van der Waals surface area (Å²) in [5, 5.41) is 0. The highest BCUT2D eigenvalue weighted by molar-refractivity contribution is 5.78. The van der Waals surface area contributed by atoms with Gasteiger partial charge >= 0.3 is 0 Å². The van der Waals surface area contributed by atoms with Crippen molar-refractivity contribution in [1.82, 2.24) is 14.9 Å². The first-order valence-corrected chi connectivity index (χ1v) is 6.99. The van der Waals surface area contributed by atoms with Crippen molar-refractivity contribution in [2.24, 2.45) is 0 Å². The van der Waals surface area contributed by atoms with E-state index in [2.05, 4.69) is 9.97 Å². The second-order valence-corrected chi connectivity index (χ2v) is 5.25. The molecule has 1 aliphatic heterocycles. The number of hydrogen-bond acceptors (Lipinski definition) is 3. The molecule has 0 aliphatic carbocycles. The van der Waals surface area contributed by atoms with Crippen LogP contribution in [-0.2, 0) is 9.53 Å². The number of carbonyl (C=O) groups excluding carboxylic acids is 1. The molecule has 0 spiro atoms. The summed E-state index contributed by atoms with van der Waals surface area (Å²) < 4.78 is 4.93. The molecule has 0 radical (unpaired) electrons. The lowest BCUT2D eigenvalue weighted by Gasteiger charge is -2.31. The van der Waals surface area contributed by atoms with Crippen LogP contribution >= 0.6 is 0 Å². The Hall–Kier alpha value is -1.88. The van der Waals surface area contributed by atoms with Gasteiger partial charge in [0, 0.05) is 26.1 Å². The van der Waals surface area contributed by atoms with Crippen molar-refractivity contribution in [3.05, 3.63) is 30.1 Å². The Kier molecular flexibility index (Phi) is 3.69. The predicted molar refractivity (Wildman–Crippen MR) is 76.5 cm³/mol. The number of nitrogens with one attached hydrogen (secondary N) is 1. The number of hydrogen-bond donors (Lipinski definition) is 1. The number of rotatable bonds is 3. The molecule has 1 aromatic carbocycles. The van der Waals surface area contributed by atoms with Crippen LogP contribution in [-0.4, -0.2) is 47.6 Å². The highest BCUT2D eigenvalue weighted by Gasteiger charge is 2.26. The first-order valence-electron chi connectivity index (χ1n) is 6.99. The van der Waals surface area contributed by atoms with Gasteiger partial charge in [0.05, 0.1) is 11.0 Å². The summed E-state index contributed by atoms with van der Waals surface area (Å²) in [6, 6.07) is 8.02. The van der Waals surface area contributed by atoms with Crippen molar-refractivity contribution < 1.29 is 9.53 Å². The molecule has 1 atom stereocenters. The van der Waals surface area contributed by atoms with Gasteiger partial charge in [0.1, 0.15) is 12.4 Å². The van der Waals surface area contributed by atoms with E-state index in [0.717, 1.165) is 42.8 Å². The first kappa shape index (κ1) is 13.1. The van der Waals surface area contributed by atoms with E-state index < -0.39 is 0 Å². The number of likely N-dealkylation sites (tertiary alicyclic amines) is 1. The van der Waals surface area contributed by atoms with Crippen LogP contribution in [0, 0.1) is 0 Å². The lowest BCUT2D eigenvalue weighted by Crippen LogP contribution is -2.41. The Morgan fingerprint density at radius 3 is 3.15 bits per heavy atom. The fourth-order valence-corrected chi connectivity index (χ4v) is 2.81. The zero-order valence-electron chi connectivity index (χ0n) is 11.6. The maximum atomic E-state index is 11.9. The molecule has 5 heteroatoms. The molecule has 106 valence electrons. The van der Waals surface area contributed by atoms with Crippen LogP contribution in [0.5, 0.6) is 0 Å². The minimum Gasteiger partial charge on any atom is -0.375 e. The number of amides is 1. The topological polar surface area (TPSA) is 58.2 Å². The van der Waals surface area contributed by atoms with E-state index in [1.807, 2.05) is 29.2 Å². The Balaban J connectivity index is 1.77. The van der Waals surface area contributed by atoms with Gasteiger partial charge < -0.3 is 14.6 Å². The zero-order chi connectivity index (χ0) is 13.9. The summed E-state index contributed by atoms with van der Waals surface area (Å²) in [6.07, 6.45) is 2.08. The normalized spacial score (nSPS) is 19.4. The third-order valence-electron chi connectivity index (χ3n) is 3.84. The molecule has 1 unspecified atom stereocenters. The van der Waals surface area contributed by atoms with Gasteiger partial charge in [-0.1, -0.05) is 12.1 Å². The van der Waals surface area contributed by atoms with Crippen molar-refractivity contribution in [2.45, 2.75) is 18.8 Å². The first-order chi connectivity index (χ1) is 9.78. The summed E-state index contributed by atoms with van der Waals surface area (Å²) in [5.41, 5.74) is 2.05. The Bertz CT molecular complexity index is 575. The van der Waals surface area contributed by atoms with Crippen LogP contribution in [0.2, 0.25) is 0 Å². The number of imidazole rings is 1. The maximum Gasteiger partial charge on any atom is 0.248 e. The molecule has 1 saturated heterocycles. The number of nitrogens with zero attached hydrogens (tertiary/aromatic N) is 2. The third kappa shape index (κ3) is 2.54. The molecule has 0 bridgehead atoms. The van der Waals surface area contributed by atoms with Crippen molar-refractivity contribution >= 4 is 16.9 Å². The number of methoxy groups -OCH3 is 1. The number of piperidine rings is 1. The standard InChI is InChI=1S/C15H19N3O2/c1-20-10-14(19)18-8-4-5-11(9-18)15-16-12-6-2-3-7-13(12)17-15/h2-3,6-7,11H,4-5,8-10H2,1H3,(H,16,17). The van der Waals surface area contributed by atoms with Gasteiger partial charge in [-0.15, -0.1) is 0 Å². The maximum absolute atomic E-state index is 11.9. The predicted octanol–water partition coefficient (Wildman–Crippen LogP) is 1.92. The Morgan fingerprint density at radius 2 is 2.35 bits per heavy atom. The number of aromatic nitrogens is 2. The molecule has 3 rings (SSSR count). The van der Waals surface area contributed by atoms with Gasteiger partial charge in [-0.2, -0.15) is 0 Å². The van der Waals surface area contributed by atoms with Gasteiger partial charge in [0.15, 0.2) is 0 Å². The monoisotopic (exact) mass is 273 g/mol. The number of ether oxygens (including phenoxy) is 1. The number of H-pyrrole nitrogens is 1. The summed E-state index contributed by atoms with van der Waals surface area (Å²) >= 11 is 0. The Labute approximate surface area is 117 Å². The molecule has 2 aromatic rings. The number of carbonyl (C=O) groups is 1. The van der Waals surface area contributed by atoms with E-state index in [-0.39, 0.29) is 18.4 Å². The van der Waals surface area contributed by atoms with Crippen LogP contribution in [0.4, 0.5) is 0 Å². The van der Waals surface area contributed by atoms with Gasteiger partial charge in [-0.3, -0.25) is 4.79 Å². The number of para-hydroxylation sites is 2.